The normalized spacial score (nSPS) is 25.8. The van der Waals surface area contributed by atoms with Crippen LogP contribution in [0, 0.1) is 0 Å². The summed E-state index contributed by atoms with van der Waals surface area (Å²) in [7, 11) is 0. The molecule has 0 amide bonds. The molecule has 1 aromatic heterocycles. The molecule has 0 aliphatic heterocycles. The minimum Gasteiger partial charge on any atom is -0.374 e. The lowest BCUT2D eigenvalue weighted by molar-refractivity contribution is 0.126. The maximum atomic E-state index is 6.16. The van der Waals surface area contributed by atoms with Gasteiger partial charge in [-0.2, -0.15) is 4.98 Å². The summed E-state index contributed by atoms with van der Waals surface area (Å²) in [6, 6.07) is 0.151. The summed E-state index contributed by atoms with van der Waals surface area (Å²) in [5.41, 5.74) is 6.16. The fourth-order valence-corrected chi connectivity index (χ4v) is 2.31. The summed E-state index contributed by atoms with van der Waals surface area (Å²) >= 11 is 0. The number of nitrogens with zero attached hydrogens (tertiary/aromatic N) is 2. The van der Waals surface area contributed by atoms with E-state index >= 15 is 0 Å². The molecule has 0 radical (unpaired) electrons. The standard InChI is InChI=1S/C12H21N3O2/c1-2-16-8-11-14-12(17-15-11)9-6-4-3-5-7-10(9)13/h9-10H,2-8,13H2,1H3. The van der Waals surface area contributed by atoms with Crippen LogP contribution in [-0.2, 0) is 11.3 Å². The summed E-state index contributed by atoms with van der Waals surface area (Å²) in [5, 5.41) is 3.93. The third-order valence-electron chi connectivity index (χ3n) is 3.31. The summed E-state index contributed by atoms with van der Waals surface area (Å²) in [6.07, 6.45) is 5.76. The highest BCUT2D eigenvalue weighted by molar-refractivity contribution is 4.99. The predicted octanol–water partition coefficient (Wildman–Crippen LogP) is 1.98. The van der Waals surface area contributed by atoms with E-state index in [-0.39, 0.29) is 12.0 Å². The van der Waals surface area contributed by atoms with Crippen LogP contribution in [0.5, 0.6) is 0 Å². The van der Waals surface area contributed by atoms with Crippen LogP contribution >= 0.6 is 0 Å². The van der Waals surface area contributed by atoms with Gasteiger partial charge in [-0.05, 0) is 19.8 Å². The van der Waals surface area contributed by atoms with Crippen LogP contribution in [0.2, 0.25) is 0 Å². The first-order valence-electron chi connectivity index (χ1n) is 6.47. The second-order valence-corrected chi connectivity index (χ2v) is 4.59. The van der Waals surface area contributed by atoms with Crippen molar-refractivity contribution in [3.8, 4) is 0 Å². The summed E-state index contributed by atoms with van der Waals surface area (Å²) < 4.78 is 10.6. The lowest BCUT2D eigenvalue weighted by atomic mass is 9.95. The molecule has 96 valence electrons. The molecule has 0 saturated heterocycles. The molecule has 0 aromatic carbocycles. The van der Waals surface area contributed by atoms with Crippen LogP contribution in [0.1, 0.15) is 56.7 Å². The lowest BCUT2D eigenvalue weighted by Crippen LogP contribution is -2.27. The van der Waals surface area contributed by atoms with Gasteiger partial charge in [-0.15, -0.1) is 0 Å². The Hall–Kier alpha value is -0.940. The molecule has 5 heteroatoms. The van der Waals surface area contributed by atoms with Crippen molar-refractivity contribution in [1.29, 1.82) is 0 Å². The number of hydrogen-bond donors (Lipinski definition) is 1. The molecule has 1 saturated carbocycles. The topological polar surface area (TPSA) is 74.2 Å². The molecule has 2 atom stereocenters. The lowest BCUT2D eigenvalue weighted by Gasteiger charge is -2.16. The Morgan fingerprint density at radius 1 is 1.35 bits per heavy atom. The van der Waals surface area contributed by atoms with Crippen LogP contribution in [-0.4, -0.2) is 22.8 Å². The van der Waals surface area contributed by atoms with Crippen LogP contribution in [0.15, 0.2) is 4.52 Å². The van der Waals surface area contributed by atoms with Gasteiger partial charge in [0.15, 0.2) is 5.82 Å². The van der Waals surface area contributed by atoms with E-state index in [1.54, 1.807) is 0 Å². The highest BCUT2D eigenvalue weighted by Gasteiger charge is 2.27. The number of aromatic nitrogens is 2. The van der Waals surface area contributed by atoms with E-state index in [1.165, 1.54) is 19.3 Å². The van der Waals surface area contributed by atoms with Crippen molar-refractivity contribution < 1.29 is 9.26 Å². The molecule has 2 N–H and O–H groups in total. The summed E-state index contributed by atoms with van der Waals surface area (Å²) in [4.78, 5) is 4.38. The van der Waals surface area contributed by atoms with Crippen LogP contribution < -0.4 is 5.73 Å². The van der Waals surface area contributed by atoms with Crippen molar-refractivity contribution in [3.05, 3.63) is 11.7 Å². The Labute approximate surface area is 102 Å². The van der Waals surface area contributed by atoms with E-state index in [0.29, 0.717) is 24.9 Å². The van der Waals surface area contributed by atoms with Gasteiger partial charge >= 0.3 is 0 Å². The van der Waals surface area contributed by atoms with E-state index in [9.17, 15) is 0 Å². The largest absolute Gasteiger partial charge is 0.374 e. The highest BCUT2D eigenvalue weighted by atomic mass is 16.5. The van der Waals surface area contributed by atoms with Gasteiger partial charge < -0.3 is 15.0 Å². The van der Waals surface area contributed by atoms with E-state index in [0.717, 1.165) is 12.8 Å². The van der Waals surface area contributed by atoms with E-state index in [2.05, 4.69) is 10.1 Å². The summed E-state index contributed by atoms with van der Waals surface area (Å²) in [6.45, 7) is 3.02. The number of nitrogens with two attached hydrogens (primary N) is 1. The zero-order chi connectivity index (χ0) is 12.1. The first-order chi connectivity index (χ1) is 8.31. The first kappa shape index (κ1) is 12.5. The SMILES string of the molecule is CCOCc1noc(C2CCCCCC2N)n1. The molecule has 1 heterocycles. The Balaban J connectivity index is 2.01. The van der Waals surface area contributed by atoms with Crippen molar-refractivity contribution in [3.63, 3.8) is 0 Å². The van der Waals surface area contributed by atoms with Crippen molar-refractivity contribution in [2.75, 3.05) is 6.61 Å². The van der Waals surface area contributed by atoms with Crippen LogP contribution in [0.3, 0.4) is 0 Å². The fraction of sp³-hybridized carbons (Fsp3) is 0.833. The number of ether oxygens (including phenoxy) is 1. The maximum absolute atomic E-state index is 6.16. The monoisotopic (exact) mass is 239 g/mol. The second-order valence-electron chi connectivity index (χ2n) is 4.59. The van der Waals surface area contributed by atoms with Crippen molar-refractivity contribution >= 4 is 0 Å². The third-order valence-corrected chi connectivity index (χ3v) is 3.31. The third kappa shape index (κ3) is 3.26. The Morgan fingerprint density at radius 2 is 2.18 bits per heavy atom. The van der Waals surface area contributed by atoms with E-state index in [4.69, 9.17) is 15.0 Å². The number of rotatable bonds is 4. The molecule has 17 heavy (non-hydrogen) atoms. The average Bonchev–Trinajstić information content (AvgIpc) is 2.69. The predicted molar refractivity (Wildman–Crippen MR) is 63.4 cm³/mol. The molecule has 0 spiro atoms. The van der Waals surface area contributed by atoms with Crippen molar-refractivity contribution in [2.45, 2.75) is 57.6 Å². The summed E-state index contributed by atoms with van der Waals surface area (Å²) in [5.74, 6) is 1.53. The maximum Gasteiger partial charge on any atom is 0.231 e. The first-order valence-corrected chi connectivity index (χ1v) is 6.47. The van der Waals surface area contributed by atoms with Gasteiger partial charge in [0, 0.05) is 12.6 Å². The van der Waals surface area contributed by atoms with Gasteiger partial charge in [-0.3, -0.25) is 0 Å². The molecule has 0 bridgehead atoms. The smallest absolute Gasteiger partial charge is 0.231 e. The van der Waals surface area contributed by atoms with E-state index in [1.807, 2.05) is 6.92 Å². The van der Waals surface area contributed by atoms with Gasteiger partial charge in [0.25, 0.3) is 0 Å². The molecule has 5 nitrogen and oxygen atoms in total. The van der Waals surface area contributed by atoms with Crippen molar-refractivity contribution in [2.24, 2.45) is 5.73 Å². The molecule has 1 aliphatic rings. The molecule has 2 rings (SSSR count). The quantitative estimate of drug-likeness (QED) is 0.813. The van der Waals surface area contributed by atoms with Gasteiger partial charge in [0.1, 0.15) is 6.61 Å². The molecule has 1 fully saturated rings. The minimum atomic E-state index is 0.151. The zero-order valence-corrected chi connectivity index (χ0v) is 10.4. The fourth-order valence-electron chi connectivity index (χ4n) is 2.31. The van der Waals surface area contributed by atoms with Crippen molar-refractivity contribution in [1.82, 2.24) is 10.1 Å². The van der Waals surface area contributed by atoms with Crippen LogP contribution in [0.25, 0.3) is 0 Å². The van der Waals surface area contributed by atoms with Gasteiger partial charge in [-0.1, -0.05) is 24.4 Å². The molecular formula is C12H21N3O2. The Morgan fingerprint density at radius 3 is 3.00 bits per heavy atom. The highest BCUT2D eigenvalue weighted by Crippen LogP contribution is 2.29. The second kappa shape index (κ2) is 6.12. The molecule has 1 aromatic rings. The van der Waals surface area contributed by atoms with E-state index < -0.39 is 0 Å². The van der Waals surface area contributed by atoms with Crippen LogP contribution in [0.4, 0.5) is 0 Å². The number of hydrogen-bond acceptors (Lipinski definition) is 5. The zero-order valence-electron chi connectivity index (χ0n) is 10.4. The molecular weight excluding hydrogens is 218 g/mol. The minimum absolute atomic E-state index is 0.151. The molecule has 1 aliphatic carbocycles. The molecule has 2 unspecified atom stereocenters. The van der Waals surface area contributed by atoms with Gasteiger partial charge in [-0.25, -0.2) is 0 Å². The van der Waals surface area contributed by atoms with Gasteiger partial charge in [0.2, 0.25) is 5.89 Å². The average molecular weight is 239 g/mol. The Kier molecular flexibility index (Phi) is 4.50. The van der Waals surface area contributed by atoms with Gasteiger partial charge in [0.05, 0.1) is 5.92 Å². The Bertz CT molecular complexity index is 340.